The minimum atomic E-state index is -0.405. The van der Waals surface area contributed by atoms with Crippen LogP contribution in [0.4, 0.5) is 11.4 Å². The maximum absolute atomic E-state index is 12.9. The Hall–Kier alpha value is -3.72. The Balaban J connectivity index is 1.35. The summed E-state index contributed by atoms with van der Waals surface area (Å²) in [6.07, 6.45) is 1.59. The fraction of sp³-hybridized carbons (Fsp3) is 0.385. The molecule has 9 heteroatoms. The molecule has 4 amide bonds. The average Bonchev–Trinajstić information content (AvgIpc) is 3.11. The molecule has 0 unspecified atom stereocenters. The number of imide groups is 1. The number of amides is 4. The number of nitrogens with one attached hydrogen (secondary N) is 1. The Bertz CT molecular complexity index is 1130. The van der Waals surface area contributed by atoms with E-state index in [9.17, 15) is 19.2 Å². The van der Waals surface area contributed by atoms with Gasteiger partial charge in [0.25, 0.3) is 17.7 Å². The Morgan fingerprint density at radius 3 is 2.37 bits per heavy atom. The first-order valence-corrected chi connectivity index (χ1v) is 11.9. The van der Waals surface area contributed by atoms with Crippen LogP contribution in [0.15, 0.2) is 42.5 Å². The zero-order valence-electron chi connectivity index (χ0n) is 20.1. The van der Waals surface area contributed by atoms with Crippen LogP contribution < -0.4 is 10.2 Å². The first-order valence-electron chi connectivity index (χ1n) is 11.9. The number of nitrogens with zero attached hydrogens (tertiary/aromatic N) is 3. The van der Waals surface area contributed by atoms with Crippen molar-refractivity contribution >= 4 is 35.0 Å². The molecule has 0 aromatic heterocycles. The smallest absolute Gasteiger partial charge is 0.261 e. The summed E-state index contributed by atoms with van der Waals surface area (Å²) in [4.78, 5) is 55.4. The Morgan fingerprint density at radius 1 is 1.00 bits per heavy atom. The fourth-order valence-corrected chi connectivity index (χ4v) is 4.23. The molecule has 35 heavy (non-hydrogen) atoms. The monoisotopic (exact) mass is 478 g/mol. The first kappa shape index (κ1) is 24.4. The van der Waals surface area contributed by atoms with Crippen molar-refractivity contribution in [3.05, 3.63) is 59.2 Å². The number of fused-ring (bicyclic) bond motifs is 1. The number of rotatable bonds is 8. The molecule has 0 saturated carbocycles. The topological polar surface area (TPSA) is 99.3 Å². The van der Waals surface area contributed by atoms with Crippen LogP contribution in [0.5, 0.6) is 0 Å². The van der Waals surface area contributed by atoms with Crippen LogP contribution in [0.25, 0.3) is 0 Å². The Morgan fingerprint density at radius 2 is 1.69 bits per heavy atom. The van der Waals surface area contributed by atoms with Gasteiger partial charge < -0.3 is 19.9 Å². The van der Waals surface area contributed by atoms with E-state index in [-0.39, 0.29) is 35.4 Å². The normalized spacial score (nSPS) is 15.3. The van der Waals surface area contributed by atoms with E-state index < -0.39 is 5.91 Å². The molecule has 1 N–H and O–H groups in total. The van der Waals surface area contributed by atoms with Crippen molar-refractivity contribution < 1.29 is 23.9 Å². The predicted molar refractivity (Wildman–Crippen MR) is 132 cm³/mol. The average molecular weight is 479 g/mol. The highest BCUT2D eigenvalue weighted by atomic mass is 16.5. The van der Waals surface area contributed by atoms with Crippen LogP contribution in [0, 0.1) is 0 Å². The largest absolute Gasteiger partial charge is 0.378 e. The number of carbonyl (C=O) groups excluding carboxylic acids is 4. The highest BCUT2D eigenvalue weighted by Gasteiger charge is 2.35. The quantitative estimate of drug-likeness (QED) is 0.586. The van der Waals surface area contributed by atoms with Crippen molar-refractivity contribution in [2.45, 2.75) is 19.8 Å². The van der Waals surface area contributed by atoms with Crippen LogP contribution in [-0.4, -0.2) is 79.9 Å². The summed E-state index contributed by atoms with van der Waals surface area (Å²) in [7, 11) is 1.52. The van der Waals surface area contributed by atoms with Crippen molar-refractivity contribution in [1.29, 1.82) is 0 Å². The SMILES string of the molecule is CCCCN1C(=O)c2ccc(C(=O)N(C)CC(=O)Nc3ccc(N4CCOCC4)cc3)cc2C1=O. The highest BCUT2D eigenvalue weighted by Crippen LogP contribution is 2.25. The molecule has 0 radical (unpaired) electrons. The molecular formula is C26H30N4O5. The lowest BCUT2D eigenvalue weighted by Crippen LogP contribution is -2.36. The Kier molecular flexibility index (Phi) is 7.45. The van der Waals surface area contributed by atoms with E-state index >= 15 is 0 Å². The molecule has 0 spiro atoms. The van der Waals surface area contributed by atoms with Crippen molar-refractivity contribution in [3.63, 3.8) is 0 Å². The van der Waals surface area contributed by atoms with Crippen molar-refractivity contribution in [2.24, 2.45) is 0 Å². The van der Waals surface area contributed by atoms with Crippen LogP contribution in [0.1, 0.15) is 50.8 Å². The van der Waals surface area contributed by atoms with E-state index in [2.05, 4.69) is 10.2 Å². The lowest BCUT2D eigenvalue weighted by molar-refractivity contribution is -0.116. The van der Waals surface area contributed by atoms with Gasteiger partial charge in [0.05, 0.1) is 30.9 Å². The molecule has 2 aliphatic rings. The first-order chi connectivity index (χ1) is 16.9. The third kappa shape index (κ3) is 5.35. The van der Waals surface area contributed by atoms with Gasteiger partial charge in [0.2, 0.25) is 5.91 Å². The standard InChI is InChI=1S/C26H30N4O5/c1-3-4-11-30-25(33)21-10-5-18(16-22(21)26(30)34)24(32)28(2)17-23(31)27-19-6-8-20(9-7-19)29-12-14-35-15-13-29/h5-10,16H,3-4,11-15,17H2,1-2H3,(H,27,31). The molecule has 9 nitrogen and oxygen atoms in total. The van der Waals surface area contributed by atoms with Gasteiger partial charge in [-0.25, -0.2) is 0 Å². The lowest BCUT2D eigenvalue weighted by Gasteiger charge is -2.28. The molecule has 2 aromatic carbocycles. The summed E-state index contributed by atoms with van der Waals surface area (Å²) < 4.78 is 5.37. The number of benzene rings is 2. The zero-order valence-corrected chi connectivity index (χ0v) is 20.1. The molecule has 2 aromatic rings. The van der Waals surface area contributed by atoms with Gasteiger partial charge in [-0.05, 0) is 48.9 Å². The van der Waals surface area contributed by atoms with Gasteiger partial charge >= 0.3 is 0 Å². The van der Waals surface area contributed by atoms with Gasteiger partial charge in [0, 0.05) is 43.6 Å². The predicted octanol–water partition coefficient (Wildman–Crippen LogP) is 2.63. The van der Waals surface area contributed by atoms with Crippen molar-refractivity contribution in [2.75, 3.05) is 56.7 Å². The summed E-state index contributed by atoms with van der Waals surface area (Å²) in [6, 6.07) is 12.0. The van der Waals surface area contributed by atoms with Crippen LogP contribution in [-0.2, 0) is 9.53 Å². The van der Waals surface area contributed by atoms with Gasteiger partial charge in [-0.2, -0.15) is 0 Å². The summed E-state index contributed by atoms with van der Waals surface area (Å²) in [5, 5.41) is 2.81. The van der Waals surface area contributed by atoms with Crippen LogP contribution >= 0.6 is 0 Å². The zero-order chi connectivity index (χ0) is 24.9. The molecule has 184 valence electrons. The molecule has 2 heterocycles. The lowest BCUT2D eigenvalue weighted by atomic mass is 10.0. The molecule has 0 atom stereocenters. The molecule has 4 rings (SSSR count). The number of hydrogen-bond acceptors (Lipinski definition) is 6. The maximum atomic E-state index is 12.9. The van der Waals surface area contributed by atoms with E-state index in [1.54, 1.807) is 0 Å². The minimum absolute atomic E-state index is 0.156. The minimum Gasteiger partial charge on any atom is -0.378 e. The second kappa shape index (κ2) is 10.7. The number of hydrogen-bond donors (Lipinski definition) is 1. The van der Waals surface area contributed by atoms with E-state index in [1.165, 1.54) is 35.0 Å². The Labute approximate surface area is 204 Å². The van der Waals surface area contributed by atoms with Gasteiger partial charge in [-0.3, -0.25) is 24.1 Å². The van der Waals surface area contributed by atoms with Crippen molar-refractivity contribution in [3.8, 4) is 0 Å². The molecule has 1 fully saturated rings. The molecule has 0 aliphatic carbocycles. The second-order valence-corrected chi connectivity index (χ2v) is 8.73. The van der Waals surface area contributed by atoms with Crippen LogP contribution in [0.2, 0.25) is 0 Å². The maximum Gasteiger partial charge on any atom is 0.261 e. The number of carbonyl (C=O) groups is 4. The summed E-state index contributed by atoms with van der Waals surface area (Å²) >= 11 is 0. The van der Waals surface area contributed by atoms with E-state index in [1.807, 2.05) is 31.2 Å². The number of morpholine rings is 1. The van der Waals surface area contributed by atoms with E-state index in [4.69, 9.17) is 4.74 Å². The van der Waals surface area contributed by atoms with Gasteiger partial charge in [-0.1, -0.05) is 13.3 Å². The van der Waals surface area contributed by atoms with Crippen LogP contribution in [0.3, 0.4) is 0 Å². The third-order valence-corrected chi connectivity index (χ3v) is 6.21. The summed E-state index contributed by atoms with van der Waals surface area (Å²) in [6.45, 7) is 5.25. The summed E-state index contributed by atoms with van der Waals surface area (Å²) in [5.74, 6) is -1.45. The highest BCUT2D eigenvalue weighted by molar-refractivity contribution is 6.22. The fourth-order valence-electron chi connectivity index (χ4n) is 4.23. The number of anilines is 2. The van der Waals surface area contributed by atoms with Gasteiger partial charge in [0.15, 0.2) is 0 Å². The molecule has 0 bridgehead atoms. The summed E-state index contributed by atoms with van der Waals surface area (Å²) in [5.41, 5.74) is 2.50. The van der Waals surface area contributed by atoms with Crippen molar-refractivity contribution in [1.82, 2.24) is 9.80 Å². The van der Waals surface area contributed by atoms with E-state index in [0.717, 1.165) is 31.6 Å². The number of unbranched alkanes of at least 4 members (excludes halogenated alkanes) is 1. The van der Waals surface area contributed by atoms with Gasteiger partial charge in [0.1, 0.15) is 0 Å². The second-order valence-electron chi connectivity index (χ2n) is 8.73. The third-order valence-electron chi connectivity index (χ3n) is 6.21. The number of likely N-dealkylation sites (N-methyl/N-ethyl adjacent to an activating group) is 1. The molecular weight excluding hydrogens is 448 g/mol. The molecule has 1 saturated heterocycles. The van der Waals surface area contributed by atoms with Gasteiger partial charge in [-0.15, -0.1) is 0 Å². The number of ether oxygens (including phenoxy) is 1. The molecule has 2 aliphatic heterocycles. The van der Waals surface area contributed by atoms with E-state index in [0.29, 0.717) is 31.0 Å².